The number of methoxy groups -OCH3 is 1. The van der Waals surface area contributed by atoms with E-state index in [4.69, 9.17) is 9.47 Å². The second-order valence-electron chi connectivity index (χ2n) is 6.77. The maximum Gasteiger partial charge on any atom is 0.309 e. The van der Waals surface area contributed by atoms with Crippen LogP contribution in [-0.2, 0) is 14.3 Å². The van der Waals surface area contributed by atoms with E-state index in [1.807, 2.05) is 40.7 Å². The smallest absolute Gasteiger partial charge is 0.309 e. The average molecular weight is 419 g/mol. The topological polar surface area (TPSA) is 86.5 Å². The van der Waals surface area contributed by atoms with Gasteiger partial charge in [0, 0.05) is 13.1 Å². The number of hydrogen-bond donors (Lipinski definition) is 0. The number of benzene rings is 1. The van der Waals surface area contributed by atoms with Crippen LogP contribution in [0, 0.1) is 5.92 Å². The Morgan fingerprint density at radius 3 is 2.69 bits per heavy atom. The van der Waals surface area contributed by atoms with Gasteiger partial charge in [0.25, 0.3) is 0 Å². The Bertz CT molecular complexity index is 849. The van der Waals surface area contributed by atoms with Crippen LogP contribution in [0.3, 0.4) is 0 Å². The Hall–Kier alpha value is -2.55. The van der Waals surface area contributed by atoms with Crippen molar-refractivity contribution in [3.8, 4) is 11.4 Å². The van der Waals surface area contributed by atoms with Gasteiger partial charge < -0.3 is 14.4 Å². The number of nitrogens with zero attached hydrogens (tertiary/aromatic N) is 4. The quantitative estimate of drug-likeness (QED) is 0.504. The molecule has 1 aromatic carbocycles. The third-order valence-electron chi connectivity index (χ3n) is 4.92. The molecule has 1 unspecified atom stereocenters. The number of aromatic nitrogens is 3. The van der Waals surface area contributed by atoms with Crippen molar-refractivity contribution >= 4 is 23.6 Å². The van der Waals surface area contributed by atoms with Gasteiger partial charge in [-0.1, -0.05) is 23.9 Å². The minimum absolute atomic E-state index is 0.0342. The number of para-hydroxylation sites is 2. The van der Waals surface area contributed by atoms with Crippen LogP contribution in [0.5, 0.6) is 5.75 Å². The molecule has 29 heavy (non-hydrogen) atoms. The van der Waals surface area contributed by atoms with Gasteiger partial charge in [-0.2, -0.15) is 0 Å². The van der Waals surface area contributed by atoms with E-state index in [-0.39, 0.29) is 23.0 Å². The molecular formula is C20H26N4O4S. The standard InChI is InChI=1S/C20H26N4O4S/c1-4-28-19(26)15-9-11-23(12-10-15)18(25)14(2)29-20-22-21-13-24(20)16-7-5-6-8-17(16)27-3/h5-8,13-15H,4,9-12H2,1-3H3. The third kappa shape index (κ3) is 4.90. The number of carbonyl (C=O) groups excluding carboxylic acids is 2. The lowest BCUT2D eigenvalue weighted by atomic mass is 9.97. The summed E-state index contributed by atoms with van der Waals surface area (Å²) >= 11 is 1.36. The van der Waals surface area contributed by atoms with Crippen molar-refractivity contribution in [3.05, 3.63) is 30.6 Å². The van der Waals surface area contributed by atoms with Crippen molar-refractivity contribution in [1.82, 2.24) is 19.7 Å². The fourth-order valence-electron chi connectivity index (χ4n) is 3.36. The third-order valence-corrected chi connectivity index (χ3v) is 5.96. The predicted octanol–water partition coefficient (Wildman–Crippen LogP) is 2.56. The number of amides is 1. The van der Waals surface area contributed by atoms with Crippen LogP contribution < -0.4 is 4.74 Å². The molecule has 1 saturated heterocycles. The lowest BCUT2D eigenvalue weighted by Gasteiger charge is -2.32. The van der Waals surface area contributed by atoms with Crippen LogP contribution in [0.4, 0.5) is 0 Å². The maximum atomic E-state index is 12.9. The van der Waals surface area contributed by atoms with Crippen LogP contribution >= 0.6 is 11.8 Å². The SMILES string of the molecule is CCOC(=O)C1CCN(C(=O)C(C)Sc2nncn2-c2ccccc2OC)CC1. The van der Waals surface area contributed by atoms with E-state index in [9.17, 15) is 9.59 Å². The number of hydrogen-bond acceptors (Lipinski definition) is 7. The van der Waals surface area contributed by atoms with Crippen molar-refractivity contribution < 1.29 is 19.1 Å². The first-order valence-corrected chi connectivity index (χ1v) is 10.6. The minimum Gasteiger partial charge on any atom is -0.495 e. The normalized spacial score (nSPS) is 15.8. The van der Waals surface area contributed by atoms with Gasteiger partial charge in [0.1, 0.15) is 12.1 Å². The second-order valence-corrected chi connectivity index (χ2v) is 8.08. The first kappa shape index (κ1) is 21.2. The van der Waals surface area contributed by atoms with Crippen molar-refractivity contribution in [1.29, 1.82) is 0 Å². The summed E-state index contributed by atoms with van der Waals surface area (Å²) in [5, 5.41) is 8.48. The van der Waals surface area contributed by atoms with Gasteiger partial charge >= 0.3 is 5.97 Å². The first-order chi connectivity index (χ1) is 14.0. The van der Waals surface area contributed by atoms with Crippen LogP contribution in [0.15, 0.2) is 35.7 Å². The van der Waals surface area contributed by atoms with E-state index >= 15 is 0 Å². The molecule has 0 bridgehead atoms. The summed E-state index contributed by atoms with van der Waals surface area (Å²) in [7, 11) is 1.61. The summed E-state index contributed by atoms with van der Waals surface area (Å²) < 4.78 is 12.3. The van der Waals surface area contributed by atoms with Gasteiger partial charge in [-0.3, -0.25) is 14.2 Å². The summed E-state index contributed by atoms with van der Waals surface area (Å²) in [4.78, 5) is 26.6. The molecule has 3 rings (SSSR count). The highest BCUT2D eigenvalue weighted by atomic mass is 32.2. The lowest BCUT2D eigenvalue weighted by Crippen LogP contribution is -2.43. The Morgan fingerprint density at radius 2 is 2.00 bits per heavy atom. The highest BCUT2D eigenvalue weighted by Gasteiger charge is 2.31. The second kappa shape index (κ2) is 9.78. The van der Waals surface area contributed by atoms with Crippen molar-refractivity contribution in [2.45, 2.75) is 37.1 Å². The summed E-state index contributed by atoms with van der Waals surface area (Å²) in [6.07, 6.45) is 2.89. The summed E-state index contributed by atoms with van der Waals surface area (Å²) in [5.74, 6) is 0.462. The van der Waals surface area contributed by atoms with Gasteiger partial charge in [0.05, 0.1) is 30.6 Å². The van der Waals surface area contributed by atoms with E-state index < -0.39 is 0 Å². The van der Waals surface area contributed by atoms with E-state index in [0.29, 0.717) is 43.4 Å². The molecule has 9 heteroatoms. The number of rotatable bonds is 7. The fourth-order valence-corrected chi connectivity index (χ4v) is 4.28. The Morgan fingerprint density at radius 1 is 1.28 bits per heavy atom. The molecule has 1 aliphatic rings. The van der Waals surface area contributed by atoms with Gasteiger partial charge in [-0.15, -0.1) is 10.2 Å². The Balaban J connectivity index is 1.63. The molecule has 0 saturated carbocycles. The molecule has 1 aromatic heterocycles. The zero-order valence-corrected chi connectivity index (χ0v) is 17.7. The van der Waals surface area contributed by atoms with Crippen LogP contribution in [0.1, 0.15) is 26.7 Å². The summed E-state index contributed by atoms with van der Waals surface area (Å²) in [6, 6.07) is 7.59. The largest absolute Gasteiger partial charge is 0.495 e. The van der Waals surface area contributed by atoms with E-state index in [1.165, 1.54) is 11.8 Å². The fraction of sp³-hybridized carbons (Fsp3) is 0.500. The predicted molar refractivity (Wildman–Crippen MR) is 109 cm³/mol. The van der Waals surface area contributed by atoms with Gasteiger partial charge in [0.15, 0.2) is 5.16 Å². The van der Waals surface area contributed by atoms with E-state index in [0.717, 1.165) is 5.69 Å². The number of ether oxygens (including phenoxy) is 2. The molecule has 0 radical (unpaired) electrons. The number of carbonyl (C=O) groups is 2. The Labute approximate surface area is 174 Å². The van der Waals surface area contributed by atoms with Gasteiger partial charge in [0.2, 0.25) is 5.91 Å². The zero-order chi connectivity index (χ0) is 20.8. The first-order valence-electron chi connectivity index (χ1n) is 9.70. The molecule has 1 fully saturated rings. The molecule has 1 amide bonds. The molecule has 1 atom stereocenters. The minimum atomic E-state index is -0.327. The summed E-state index contributed by atoms with van der Waals surface area (Å²) in [6.45, 7) is 5.18. The van der Waals surface area contributed by atoms with Gasteiger partial charge in [-0.25, -0.2) is 0 Å². The number of esters is 1. The van der Waals surface area contributed by atoms with E-state index in [1.54, 1.807) is 20.4 Å². The summed E-state index contributed by atoms with van der Waals surface area (Å²) in [5.41, 5.74) is 0.817. The number of likely N-dealkylation sites (tertiary alicyclic amines) is 1. The number of piperidine rings is 1. The average Bonchev–Trinajstić information content (AvgIpc) is 3.21. The van der Waals surface area contributed by atoms with E-state index in [2.05, 4.69) is 10.2 Å². The molecule has 156 valence electrons. The molecule has 1 aliphatic heterocycles. The van der Waals surface area contributed by atoms with Crippen molar-refractivity contribution in [2.75, 3.05) is 26.8 Å². The lowest BCUT2D eigenvalue weighted by molar-refractivity contribution is -0.151. The molecule has 0 aliphatic carbocycles. The zero-order valence-electron chi connectivity index (χ0n) is 16.9. The maximum absolute atomic E-state index is 12.9. The van der Waals surface area contributed by atoms with Crippen molar-refractivity contribution in [2.24, 2.45) is 5.92 Å². The molecule has 2 aromatic rings. The van der Waals surface area contributed by atoms with Crippen molar-refractivity contribution in [3.63, 3.8) is 0 Å². The monoisotopic (exact) mass is 418 g/mol. The van der Waals surface area contributed by atoms with Crippen LogP contribution in [-0.4, -0.2) is 63.6 Å². The van der Waals surface area contributed by atoms with Crippen LogP contribution in [0.25, 0.3) is 5.69 Å². The Kier molecular flexibility index (Phi) is 7.13. The molecular weight excluding hydrogens is 392 g/mol. The molecule has 2 heterocycles. The molecule has 0 spiro atoms. The number of thioether (sulfide) groups is 1. The highest BCUT2D eigenvalue weighted by Crippen LogP contribution is 2.30. The van der Waals surface area contributed by atoms with Crippen LogP contribution in [0.2, 0.25) is 0 Å². The highest BCUT2D eigenvalue weighted by molar-refractivity contribution is 8.00. The molecule has 8 nitrogen and oxygen atoms in total. The van der Waals surface area contributed by atoms with Gasteiger partial charge in [-0.05, 0) is 38.8 Å². The molecule has 0 N–H and O–H groups in total.